The van der Waals surface area contributed by atoms with Crippen molar-refractivity contribution in [3.8, 4) is 0 Å². The second kappa shape index (κ2) is 7.24. The van der Waals surface area contributed by atoms with Gasteiger partial charge in [0.05, 0.1) is 12.7 Å². The Bertz CT molecular complexity index is 349. The molecule has 18 heavy (non-hydrogen) atoms. The lowest BCUT2D eigenvalue weighted by Crippen LogP contribution is -2.30. The maximum absolute atomic E-state index is 9.75. The van der Waals surface area contributed by atoms with Crippen molar-refractivity contribution in [2.45, 2.75) is 38.8 Å². The molecule has 102 valence electrons. The van der Waals surface area contributed by atoms with Crippen LogP contribution in [0.3, 0.4) is 0 Å². The first-order valence-corrected chi connectivity index (χ1v) is 7.69. The van der Waals surface area contributed by atoms with Crippen molar-refractivity contribution < 1.29 is 9.84 Å². The van der Waals surface area contributed by atoms with E-state index in [4.69, 9.17) is 4.74 Å². The minimum absolute atomic E-state index is 0.395. The van der Waals surface area contributed by atoms with Crippen molar-refractivity contribution >= 4 is 11.3 Å². The van der Waals surface area contributed by atoms with Crippen LogP contribution in [0.25, 0.3) is 0 Å². The summed E-state index contributed by atoms with van der Waals surface area (Å²) in [5, 5.41) is 15.2. The van der Waals surface area contributed by atoms with Crippen LogP contribution in [-0.2, 0) is 17.7 Å². The van der Waals surface area contributed by atoms with Crippen LogP contribution >= 0.6 is 11.3 Å². The maximum Gasteiger partial charge on any atom is 0.0897 e. The quantitative estimate of drug-likeness (QED) is 0.722. The SMILES string of the molecule is CCc1ccsc1CNCC(O)COCC1CC1. The molecule has 1 aliphatic rings. The second-order valence-corrected chi connectivity index (χ2v) is 5.99. The zero-order chi connectivity index (χ0) is 12.8. The van der Waals surface area contributed by atoms with Gasteiger partial charge in [0.2, 0.25) is 0 Å². The van der Waals surface area contributed by atoms with Crippen LogP contribution in [0.15, 0.2) is 11.4 Å². The van der Waals surface area contributed by atoms with E-state index in [9.17, 15) is 5.11 Å². The normalized spacial score (nSPS) is 17.0. The summed E-state index contributed by atoms with van der Waals surface area (Å²) in [5.41, 5.74) is 1.41. The predicted molar refractivity (Wildman–Crippen MR) is 75.0 cm³/mol. The van der Waals surface area contributed by atoms with Crippen molar-refractivity contribution in [2.24, 2.45) is 5.92 Å². The summed E-state index contributed by atoms with van der Waals surface area (Å²) in [4.78, 5) is 1.38. The van der Waals surface area contributed by atoms with Crippen LogP contribution in [0, 0.1) is 5.92 Å². The molecule has 2 N–H and O–H groups in total. The van der Waals surface area contributed by atoms with Crippen LogP contribution in [0.2, 0.25) is 0 Å². The van der Waals surface area contributed by atoms with Gasteiger partial charge in [-0.1, -0.05) is 6.92 Å². The molecular formula is C14H23NO2S. The average molecular weight is 269 g/mol. The Morgan fingerprint density at radius 3 is 3.11 bits per heavy atom. The Morgan fingerprint density at radius 2 is 2.39 bits per heavy atom. The molecular weight excluding hydrogens is 246 g/mol. The maximum atomic E-state index is 9.75. The lowest BCUT2D eigenvalue weighted by atomic mass is 10.2. The molecule has 0 aromatic carbocycles. The topological polar surface area (TPSA) is 41.5 Å². The van der Waals surface area contributed by atoms with Crippen molar-refractivity contribution in [3.05, 3.63) is 21.9 Å². The minimum atomic E-state index is -0.395. The number of thiophene rings is 1. The monoisotopic (exact) mass is 269 g/mol. The number of aliphatic hydroxyl groups excluding tert-OH is 1. The molecule has 1 unspecified atom stereocenters. The van der Waals surface area contributed by atoms with E-state index in [1.165, 1.54) is 23.3 Å². The summed E-state index contributed by atoms with van der Waals surface area (Å²) in [5.74, 6) is 0.767. The lowest BCUT2D eigenvalue weighted by molar-refractivity contribution is 0.0324. The zero-order valence-corrected chi connectivity index (χ0v) is 11.8. The molecule has 0 saturated heterocycles. The van der Waals surface area contributed by atoms with E-state index < -0.39 is 6.10 Å². The smallest absolute Gasteiger partial charge is 0.0897 e. The molecule has 2 rings (SSSR count). The molecule has 3 nitrogen and oxygen atoms in total. The summed E-state index contributed by atoms with van der Waals surface area (Å²) in [7, 11) is 0. The second-order valence-electron chi connectivity index (χ2n) is 4.99. The zero-order valence-electron chi connectivity index (χ0n) is 11.0. The molecule has 0 radical (unpaired) electrons. The van der Waals surface area contributed by atoms with Crippen molar-refractivity contribution in [1.82, 2.24) is 5.32 Å². The van der Waals surface area contributed by atoms with Gasteiger partial charge in [0.15, 0.2) is 0 Å². The lowest BCUT2D eigenvalue weighted by Gasteiger charge is -2.12. The molecule has 0 aliphatic heterocycles. The van der Waals surface area contributed by atoms with Crippen LogP contribution < -0.4 is 5.32 Å². The third-order valence-electron chi connectivity index (χ3n) is 3.24. The fourth-order valence-corrected chi connectivity index (χ4v) is 2.85. The van der Waals surface area contributed by atoms with Gasteiger partial charge in [-0.3, -0.25) is 0 Å². The number of rotatable bonds is 9. The van der Waals surface area contributed by atoms with Crippen LogP contribution in [0.1, 0.15) is 30.2 Å². The van der Waals surface area contributed by atoms with Crippen molar-refractivity contribution in [2.75, 3.05) is 19.8 Å². The molecule has 1 aromatic rings. The highest BCUT2D eigenvalue weighted by Gasteiger charge is 2.21. The number of ether oxygens (including phenoxy) is 1. The summed E-state index contributed by atoms with van der Waals surface area (Å²) < 4.78 is 5.46. The molecule has 1 atom stereocenters. The van der Waals surface area contributed by atoms with E-state index in [1.807, 2.05) is 0 Å². The Hall–Kier alpha value is -0.420. The molecule has 1 saturated carbocycles. The van der Waals surface area contributed by atoms with Crippen LogP contribution in [0.5, 0.6) is 0 Å². The van der Waals surface area contributed by atoms with Gasteiger partial charge in [0.1, 0.15) is 0 Å². The molecule has 0 amide bonds. The van der Waals surface area contributed by atoms with Gasteiger partial charge in [-0.05, 0) is 42.2 Å². The van der Waals surface area contributed by atoms with E-state index in [1.54, 1.807) is 11.3 Å². The molecule has 1 aliphatic carbocycles. The van der Waals surface area contributed by atoms with Gasteiger partial charge in [0.25, 0.3) is 0 Å². The third-order valence-corrected chi connectivity index (χ3v) is 4.21. The molecule has 1 aromatic heterocycles. The highest BCUT2D eigenvalue weighted by atomic mass is 32.1. The standard InChI is InChI=1S/C14H23NO2S/c1-2-12-5-6-18-14(12)8-15-7-13(16)10-17-9-11-3-4-11/h5-6,11,13,15-16H,2-4,7-10H2,1H3. The minimum Gasteiger partial charge on any atom is -0.389 e. The van der Waals surface area contributed by atoms with Gasteiger partial charge in [-0.15, -0.1) is 11.3 Å². The highest BCUT2D eigenvalue weighted by Crippen LogP contribution is 2.28. The van der Waals surface area contributed by atoms with E-state index in [0.29, 0.717) is 13.2 Å². The highest BCUT2D eigenvalue weighted by molar-refractivity contribution is 7.10. The van der Waals surface area contributed by atoms with E-state index in [0.717, 1.165) is 25.5 Å². The van der Waals surface area contributed by atoms with Gasteiger partial charge >= 0.3 is 0 Å². The van der Waals surface area contributed by atoms with Crippen LogP contribution in [0.4, 0.5) is 0 Å². The largest absolute Gasteiger partial charge is 0.389 e. The third kappa shape index (κ3) is 4.69. The summed E-state index contributed by atoms with van der Waals surface area (Å²) in [6, 6.07) is 2.18. The molecule has 1 fully saturated rings. The number of aliphatic hydroxyl groups is 1. The van der Waals surface area contributed by atoms with Gasteiger partial charge in [0, 0.05) is 24.6 Å². The Labute approximate surface area is 113 Å². The average Bonchev–Trinajstić information content (AvgIpc) is 3.07. The van der Waals surface area contributed by atoms with E-state index in [2.05, 4.69) is 23.7 Å². The molecule has 1 heterocycles. The van der Waals surface area contributed by atoms with E-state index in [-0.39, 0.29) is 0 Å². The molecule has 4 heteroatoms. The van der Waals surface area contributed by atoms with Crippen molar-refractivity contribution in [1.29, 1.82) is 0 Å². The first-order chi connectivity index (χ1) is 8.79. The Kier molecular flexibility index (Phi) is 5.63. The fraction of sp³-hybridized carbons (Fsp3) is 0.714. The fourth-order valence-electron chi connectivity index (χ4n) is 1.90. The van der Waals surface area contributed by atoms with E-state index >= 15 is 0 Å². The summed E-state index contributed by atoms with van der Waals surface area (Å²) >= 11 is 1.78. The summed E-state index contributed by atoms with van der Waals surface area (Å²) in [6.07, 6.45) is 3.28. The number of hydrogen-bond donors (Lipinski definition) is 2. The Morgan fingerprint density at radius 1 is 1.56 bits per heavy atom. The predicted octanol–water partition coefficient (Wildman–Crippen LogP) is 2.19. The van der Waals surface area contributed by atoms with Crippen molar-refractivity contribution in [3.63, 3.8) is 0 Å². The molecule has 0 bridgehead atoms. The van der Waals surface area contributed by atoms with Gasteiger partial charge in [-0.2, -0.15) is 0 Å². The molecule has 0 spiro atoms. The van der Waals surface area contributed by atoms with Gasteiger partial charge in [-0.25, -0.2) is 0 Å². The number of aryl methyl sites for hydroxylation is 1. The Balaban J connectivity index is 1.56. The first kappa shape index (κ1) is 14.0. The van der Waals surface area contributed by atoms with Crippen LogP contribution in [-0.4, -0.2) is 31.0 Å². The number of hydrogen-bond acceptors (Lipinski definition) is 4. The number of nitrogens with one attached hydrogen (secondary N) is 1. The summed E-state index contributed by atoms with van der Waals surface area (Å²) in [6.45, 7) is 4.90. The van der Waals surface area contributed by atoms with Gasteiger partial charge < -0.3 is 15.2 Å². The first-order valence-electron chi connectivity index (χ1n) is 6.81.